The number of nitrogens with zero attached hydrogens (tertiary/aromatic N) is 2. The molecule has 2 saturated heterocycles. The fourth-order valence-electron chi connectivity index (χ4n) is 3.00. The van der Waals surface area contributed by atoms with E-state index < -0.39 is 0 Å². The Morgan fingerprint density at radius 3 is 3.20 bits per heavy atom. The summed E-state index contributed by atoms with van der Waals surface area (Å²) < 4.78 is 0. The molecule has 1 atom stereocenters. The number of rotatable bonds is 1. The van der Waals surface area contributed by atoms with Crippen molar-refractivity contribution in [3.8, 4) is 11.8 Å². The van der Waals surface area contributed by atoms with Crippen LogP contribution in [0.1, 0.15) is 28.1 Å². The maximum atomic E-state index is 12.5. The third kappa shape index (κ3) is 2.73. The van der Waals surface area contributed by atoms with E-state index in [0.717, 1.165) is 30.1 Å². The lowest BCUT2D eigenvalue weighted by Gasteiger charge is -2.37. The van der Waals surface area contributed by atoms with E-state index in [4.69, 9.17) is 5.11 Å². The van der Waals surface area contributed by atoms with E-state index >= 15 is 0 Å². The van der Waals surface area contributed by atoms with Crippen LogP contribution >= 0.6 is 11.3 Å². The van der Waals surface area contributed by atoms with E-state index in [1.165, 1.54) is 30.7 Å². The standard InChI is InChI=1S/C15H18N2O2S/c18-8-2-4-14-9-12(11-20-14)15(19)17-7-6-16-5-1-3-13(16)10-17/h9,11,13,18H,1,3,5-8,10H2. The summed E-state index contributed by atoms with van der Waals surface area (Å²) in [4.78, 5) is 17.8. The Bertz CT molecular complexity index is 558. The highest BCUT2D eigenvalue weighted by atomic mass is 32.1. The molecule has 3 heterocycles. The summed E-state index contributed by atoms with van der Waals surface area (Å²) in [5, 5.41) is 10.6. The minimum atomic E-state index is -0.148. The molecule has 1 aromatic heterocycles. The maximum absolute atomic E-state index is 12.5. The number of thiophene rings is 1. The van der Waals surface area contributed by atoms with Crippen LogP contribution in [-0.4, -0.2) is 59.6 Å². The first-order chi connectivity index (χ1) is 9.78. The van der Waals surface area contributed by atoms with Crippen molar-refractivity contribution in [2.45, 2.75) is 18.9 Å². The van der Waals surface area contributed by atoms with Gasteiger partial charge in [0.1, 0.15) is 6.61 Å². The Morgan fingerprint density at radius 1 is 1.45 bits per heavy atom. The molecule has 0 saturated carbocycles. The highest BCUT2D eigenvalue weighted by molar-refractivity contribution is 7.10. The van der Waals surface area contributed by atoms with E-state index in [1.54, 1.807) is 0 Å². The van der Waals surface area contributed by atoms with Crippen molar-refractivity contribution in [3.05, 3.63) is 21.9 Å². The number of aliphatic hydroxyl groups excluding tert-OH is 1. The quantitative estimate of drug-likeness (QED) is 0.785. The van der Waals surface area contributed by atoms with Crippen molar-refractivity contribution in [3.63, 3.8) is 0 Å². The first kappa shape index (κ1) is 13.6. The fraction of sp³-hybridized carbons (Fsp3) is 0.533. The van der Waals surface area contributed by atoms with E-state index in [-0.39, 0.29) is 12.5 Å². The number of carbonyl (C=O) groups is 1. The predicted octanol–water partition coefficient (Wildman–Crippen LogP) is 1.01. The first-order valence-electron chi connectivity index (χ1n) is 6.99. The van der Waals surface area contributed by atoms with Crippen LogP contribution < -0.4 is 0 Å². The van der Waals surface area contributed by atoms with Crippen molar-refractivity contribution in [1.82, 2.24) is 9.80 Å². The van der Waals surface area contributed by atoms with Crippen molar-refractivity contribution >= 4 is 17.2 Å². The SMILES string of the molecule is O=C(c1csc(C#CCO)c1)N1CCN2CCCC2C1. The van der Waals surface area contributed by atoms with Crippen LogP contribution in [0.15, 0.2) is 11.4 Å². The average Bonchev–Trinajstić information content (AvgIpc) is 3.12. The van der Waals surface area contributed by atoms with E-state index in [1.807, 2.05) is 16.3 Å². The fourth-order valence-corrected chi connectivity index (χ4v) is 3.75. The van der Waals surface area contributed by atoms with Gasteiger partial charge in [0.25, 0.3) is 5.91 Å². The van der Waals surface area contributed by atoms with Crippen molar-refractivity contribution < 1.29 is 9.90 Å². The summed E-state index contributed by atoms with van der Waals surface area (Å²) in [6.45, 7) is 3.71. The molecule has 1 aromatic rings. The Balaban J connectivity index is 1.68. The zero-order chi connectivity index (χ0) is 13.9. The second kappa shape index (κ2) is 5.96. The van der Waals surface area contributed by atoms with E-state index in [2.05, 4.69) is 16.7 Å². The Kier molecular flexibility index (Phi) is 4.06. The summed E-state index contributed by atoms with van der Waals surface area (Å²) in [5.41, 5.74) is 0.726. The first-order valence-corrected chi connectivity index (χ1v) is 7.87. The van der Waals surface area contributed by atoms with Gasteiger partial charge in [-0.15, -0.1) is 11.3 Å². The monoisotopic (exact) mass is 290 g/mol. The van der Waals surface area contributed by atoms with Gasteiger partial charge in [-0.1, -0.05) is 11.8 Å². The highest BCUT2D eigenvalue weighted by Gasteiger charge is 2.32. The molecule has 4 nitrogen and oxygen atoms in total. The summed E-state index contributed by atoms with van der Waals surface area (Å²) in [6.07, 6.45) is 2.46. The van der Waals surface area contributed by atoms with Gasteiger partial charge in [-0.2, -0.15) is 0 Å². The number of hydrogen-bond donors (Lipinski definition) is 1. The van der Waals surface area contributed by atoms with Crippen LogP contribution in [0.4, 0.5) is 0 Å². The lowest BCUT2D eigenvalue weighted by atomic mass is 10.1. The topological polar surface area (TPSA) is 43.8 Å². The molecule has 2 aliphatic heterocycles. The molecule has 2 fully saturated rings. The summed E-state index contributed by atoms with van der Waals surface area (Å²) in [6, 6.07) is 2.39. The Hall–Kier alpha value is -1.35. The second-order valence-electron chi connectivity index (χ2n) is 5.24. The van der Waals surface area contributed by atoms with Crippen LogP contribution in [0, 0.1) is 11.8 Å². The molecule has 0 aliphatic carbocycles. The lowest BCUT2D eigenvalue weighted by Crippen LogP contribution is -2.51. The van der Waals surface area contributed by atoms with Gasteiger partial charge < -0.3 is 10.0 Å². The number of hydrogen-bond acceptors (Lipinski definition) is 4. The molecule has 106 valence electrons. The largest absolute Gasteiger partial charge is 0.384 e. The second-order valence-corrected chi connectivity index (χ2v) is 6.15. The van der Waals surface area contributed by atoms with Crippen LogP contribution in [0.2, 0.25) is 0 Å². The molecule has 0 bridgehead atoms. The predicted molar refractivity (Wildman–Crippen MR) is 78.8 cm³/mol. The lowest BCUT2D eigenvalue weighted by molar-refractivity contribution is 0.0572. The third-order valence-corrected chi connectivity index (χ3v) is 4.86. The molecule has 20 heavy (non-hydrogen) atoms. The summed E-state index contributed by atoms with van der Waals surface area (Å²) in [7, 11) is 0. The molecule has 1 N–H and O–H groups in total. The molecule has 0 spiro atoms. The van der Waals surface area contributed by atoms with Crippen molar-refractivity contribution in [2.75, 3.05) is 32.8 Å². The molecule has 0 aromatic carbocycles. The van der Waals surface area contributed by atoms with Gasteiger partial charge in [0.05, 0.1) is 10.4 Å². The van der Waals surface area contributed by atoms with Crippen LogP contribution in [0.5, 0.6) is 0 Å². The van der Waals surface area contributed by atoms with E-state index in [0.29, 0.717) is 6.04 Å². The smallest absolute Gasteiger partial charge is 0.254 e. The highest BCUT2D eigenvalue weighted by Crippen LogP contribution is 2.23. The molecular weight excluding hydrogens is 272 g/mol. The van der Waals surface area contributed by atoms with Gasteiger partial charge in [-0.3, -0.25) is 9.69 Å². The van der Waals surface area contributed by atoms with Crippen LogP contribution in [0.3, 0.4) is 0 Å². The zero-order valence-electron chi connectivity index (χ0n) is 11.3. The zero-order valence-corrected chi connectivity index (χ0v) is 12.2. The van der Waals surface area contributed by atoms with E-state index in [9.17, 15) is 4.79 Å². The van der Waals surface area contributed by atoms with Gasteiger partial charge >= 0.3 is 0 Å². The van der Waals surface area contributed by atoms with Crippen LogP contribution in [0.25, 0.3) is 0 Å². The number of carbonyl (C=O) groups excluding carboxylic acids is 1. The molecule has 5 heteroatoms. The van der Waals surface area contributed by atoms with Gasteiger partial charge in [0.2, 0.25) is 0 Å². The molecule has 2 aliphatic rings. The number of piperazine rings is 1. The van der Waals surface area contributed by atoms with Crippen molar-refractivity contribution in [2.24, 2.45) is 0 Å². The average molecular weight is 290 g/mol. The molecule has 1 amide bonds. The third-order valence-electron chi connectivity index (χ3n) is 4.01. The van der Waals surface area contributed by atoms with Crippen molar-refractivity contribution in [1.29, 1.82) is 0 Å². The Labute approximate surface area is 123 Å². The van der Waals surface area contributed by atoms with Gasteiger partial charge in [0.15, 0.2) is 0 Å². The molecular formula is C15H18N2O2S. The normalized spacial score (nSPS) is 22.2. The van der Waals surface area contributed by atoms with Gasteiger partial charge in [0, 0.05) is 31.1 Å². The minimum absolute atomic E-state index is 0.116. The maximum Gasteiger partial charge on any atom is 0.254 e. The molecule has 3 rings (SSSR count). The van der Waals surface area contributed by atoms with Gasteiger partial charge in [-0.25, -0.2) is 0 Å². The minimum Gasteiger partial charge on any atom is -0.384 e. The van der Waals surface area contributed by atoms with Crippen LogP contribution in [-0.2, 0) is 0 Å². The summed E-state index contributed by atoms with van der Waals surface area (Å²) in [5.74, 6) is 5.58. The number of amides is 1. The Morgan fingerprint density at radius 2 is 2.35 bits per heavy atom. The number of aliphatic hydroxyl groups is 1. The molecule has 0 radical (unpaired) electrons. The number of fused-ring (bicyclic) bond motifs is 1. The van der Waals surface area contributed by atoms with Gasteiger partial charge in [-0.05, 0) is 25.5 Å². The summed E-state index contributed by atoms with van der Waals surface area (Å²) >= 11 is 1.46. The molecule has 1 unspecified atom stereocenters.